The first-order valence-corrected chi connectivity index (χ1v) is 5.28. The van der Waals surface area contributed by atoms with Crippen molar-refractivity contribution in [2.75, 3.05) is 26.4 Å². The van der Waals surface area contributed by atoms with Crippen molar-refractivity contribution in [1.29, 1.82) is 0 Å². The monoisotopic (exact) mass is 235 g/mol. The molecule has 0 aliphatic carbocycles. The van der Waals surface area contributed by atoms with Gasteiger partial charge >= 0.3 is 0 Å². The maximum atomic E-state index is 12.1. The molecule has 0 saturated heterocycles. The van der Waals surface area contributed by atoms with Crippen molar-refractivity contribution in [3.8, 4) is 0 Å². The number of nitrogen functional groups attached to an aromatic ring is 1. The van der Waals surface area contributed by atoms with E-state index in [0.717, 1.165) is 5.56 Å². The molecule has 17 heavy (non-hydrogen) atoms. The molecule has 0 atom stereocenters. The highest BCUT2D eigenvalue weighted by atomic mass is 16.2. The minimum absolute atomic E-state index is 0.0313. The largest absolute Gasteiger partial charge is 0.399 e. The number of amides is 2. The summed E-state index contributed by atoms with van der Waals surface area (Å²) in [6, 6.07) is 5.15. The van der Waals surface area contributed by atoms with Crippen molar-refractivity contribution in [2.45, 2.75) is 6.92 Å². The number of rotatable bonds is 3. The fourth-order valence-electron chi connectivity index (χ4n) is 1.44. The standard InChI is InChI=1S/C12H17N3O2/c1-8-4-5-9(13)6-10(8)12(17)15(3)7-11(16)14-2/h4-6H,7,13H2,1-3H3,(H,14,16). The SMILES string of the molecule is CNC(=O)CN(C)C(=O)c1cc(N)ccc1C. The van der Waals surface area contributed by atoms with E-state index < -0.39 is 0 Å². The molecular weight excluding hydrogens is 218 g/mol. The van der Waals surface area contributed by atoms with Gasteiger partial charge in [-0.05, 0) is 24.6 Å². The average molecular weight is 235 g/mol. The lowest BCUT2D eigenvalue weighted by Crippen LogP contribution is -2.37. The smallest absolute Gasteiger partial charge is 0.254 e. The summed E-state index contributed by atoms with van der Waals surface area (Å²) in [5.41, 5.74) is 7.54. The zero-order valence-electron chi connectivity index (χ0n) is 10.3. The molecule has 0 spiro atoms. The van der Waals surface area contributed by atoms with Crippen LogP contribution in [0, 0.1) is 6.92 Å². The number of hydrogen-bond donors (Lipinski definition) is 2. The van der Waals surface area contributed by atoms with Crippen molar-refractivity contribution < 1.29 is 9.59 Å². The molecule has 0 fully saturated rings. The van der Waals surface area contributed by atoms with Crippen LogP contribution in [0.1, 0.15) is 15.9 Å². The molecule has 0 aliphatic heterocycles. The number of aryl methyl sites for hydroxylation is 1. The number of nitrogens with zero attached hydrogens (tertiary/aromatic N) is 1. The summed E-state index contributed by atoms with van der Waals surface area (Å²) in [5.74, 6) is -0.416. The molecule has 2 amide bonds. The van der Waals surface area contributed by atoms with Gasteiger partial charge in [-0.2, -0.15) is 0 Å². The summed E-state index contributed by atoms with van der Waals surface area (Å²) in [5, 5.41) is 2.47. The van der Waals surface area contributed by atoms with Gasteiger partial charge in [-0.25, -0.2) is 0 Å². The quantitative estimate of drug-likeness (QED) is 0.744. The molecule has 0 saturated carbocycles. The fourth-order valence-corrected chi connectivity index (χ4v) is 1.44. The summed E-state index contributed by atoms with van der Waals surface area (Å²) in [7, 11) is 3.12. The van der Waals surface area contributed by atoms with Crippen LogP contribution in [0.2, 0.25) is 0 Å². The van der Waals surface area contributed by atoms with E-state index in [0.29, 0.717) is 11.3 Å². The summed E-state index contributed by atoms with van der Waals surface area (Å²) in [4.78, 5) is 24.6. The van der Waals surface area contributed by atoms with E-state index in [4.69, 9.17) is 5.73 Å². The zero-order chi connectivity index (χ0) is 13.0. The van der Waals surface area contributed by atoms with Crippen LogP contribution >= 0.6 is 0 Å². The molecule has 5 heteroatoms. The fraction of sp³-hybridized carbons (Fsp3) is 0.333. The topological polar surface area (TPSA) is 75.4 Å². The van der Waals surface area contributed by atoms with Crippen molar-refractivity contribution in [1.82, 2.24) is 10.2 Å². The van der Waals surface area contributed by atoms with Crippen LogP contribution in [0.25, 0.3) is 0 Å². The van der Waals surface area contributed by atoms with Crippen molar-refractivity contribution in [3.63, 3.8) is 0 Å². The van der Waals surface area contributed by atoms with Gasteiger partial charge in [0, 0.05) is 25.3 Å². The molecule has 3 N–H and O–H groups in total. The predicted octanol–water partition coefficient (Wildman–Crippen LogP) is 0.395. The molecule has 1 aromatic rings. The molecular formula is C12H17N3O2. The third kappa shape index (κ3) is 3.21. The Bertz CT molecular complexity index is 443. The number of benzene rings is 1. The van der Waals surface area contributed by atoms with Crippen LogP contribution in [-0.2, 0) is 4.79 Å². The van der Waals surface area contributed by atoms with E-state index in [1.54, 1.807) is 25.2 Å². The lowest BCUT2D eigenvalue weighted by molar-refractivity contribution is -0.121. The van der Waals surface area contributed by atoms with Gasteiger partial charge in [0.15, 0.2) is 0 Å². The lowest BCUT2D eigenvalue weighted by Gasteiger charge is -2.17. The van der Waals surface area contributed by atoms with Crippen molar-refractivity contribution in [3.05, 3.63) is 29.3 Å². The van der Waals surface area contributed by atoms with Crippen LogP contribution in [0.15, 0.2) is 18.2 Å². The molecule has 0 heterocycles. The number of nitrogens with two attached hydrogens (primary N) is 1. The second kappa shape index (κ2) is 5.34. The molecule has 0 radical (unpaired) electrons. The highest BCUT2D eigenvalue weighted by molar-refractivity contribution is 5.98. The van der Waals surface area contributed by atoms with Crippen LogP contribution in [0.3, 0.4) is 0 Å². The second-order valence-corrected chi connectivity index (χ2v) is 3.91. The zero-order valence-corrected chi connectivity index (χ0v) is 10.3. The first-order chi connectivity index (χ1) is 7.95. The highest BCUT2D eigenvalue weighted by Gasteiger charge is 2.16. The van der Waals surface area contributed by atoms with Gasteiger partial charge in [0.05, 0.1) is 6.54 Å². The van der Waals surface area contributed by atoms with Crippen LogP contribution < -0.4 is 11.1 Å². The van der Waals surface area contributed by atoms with Gasteiger partial charge in [0.25, 0.3) is 5.91 Å². The maximum absolute atomic E-state index is 12.1. The minimum Gasteiger partial charge on any atom is -0.399 e. The Morgan fingerprint density at radius 3 is 2.65 bits per heavy atom. The summed E-state index contributed by atoms with van der Waals surface area (Å²) in [6.07, 6.45) is 0. The van der Waals surface area contributed by atoms with Gasteiger partial charge in [-0.3, -0.25) is 9.59 Å². The third-order valence-corrected chi connectivity index (χ3v) is 2.50. The van der Waals surface area contributed by atoms with Crippen LogP contribution in [-0.4, -0.2) is 37.4 Å². The summed E-state index contributed by atoms with van der Waals surface area (Å²) >= 11 is 0. The second-order valence-electron chi connectivity index (χ2n) is 3.91. The average Bonchev–Trinajstić information content (AvgIpc) is 2.31. The number of nitrogens with one attached hydrogen (secondary N) is 1. The first-order valence-electron chi connectivity index (χ1n) is 5.28. The van der Waals surface area contributed by atoms with Crippen LogP contribution in [0.4, 0.5) is 5.69 Å². The molecule has 5 nitrogen and oxygen atoms in total. The Morgan fingerprint density at radius 1 is 1.41 bits per heavy atom. The molecule has 1 aromatic carbocycles. The van der Waals surface area contributed by atoms with E-state index in [9.17, 15) is 9.59 Å². The van der Waals surface area contributed by atoms with E-state index >= 15 is 0 Å². The molecule has 92 valence electrons. The molecule has 0 bridgehead atoms. The molecule has 0 aliphatic rings. The Labute approximate surface area is 101 Å². The molecule has 0 aromatic heterocycles. The highest BCUT2D eigenvalue weighted by Crippen LogP contribution is 2.14. The van der Waals surface area contributed by atoms with E-state index in [1.807, 2.05) is 6.92 Å². The number of hydrogen-bond acceptors (Lipinski definition) is 3. The van der Waals surface area contributed by atoms with Gasteiger partial charge in [-0.1, -0.05) is 6.07 Å². The Balaban J connectivity index is 2.88. The Morgan fingerprint density at radius 2 is 2.06 bits per heavy atom. The van der Waals surface area contributed by atoms with Gasteiger partial charge in [-0.15, -0.1) is 0 Å². The van der Waals surface area contributed by atoms with E-state index in [-0.39, 0.29) is 18.4 Å². The summed E-state index contributed by atoms with van der Waals surface area (Å²) < 4.78 is 0. The molecule has 1 rings (SSSR count). The van der Waals surface area contributed by atoms with Gasteiger partial charge < -0.3 is 16.0 Å². The summed E-state index contributed by atoms with van der Waals surface area (Å²) in [6.45, 7) is 1.87. The van der Waals surface area contributed by atoms with E-state index in [2.05, 4.69) is 5.32 Å². The first kappa shape index (κ1) is 13.0. The maximum Gasteiger partial charge on any atom is 0.254 e. The Kier molecular flexibility index (Phi) is 4.09. The van der Waals surface area contributed by atoms with Gasteiger partial charge in [0.1, 0.15) is 0 Å². The number of anilines is 1. The van der Waals surface area contributed by atoms with Crippen molar-refractivity contribution >= 4 is 17.5 Å². The third-order valence-electron chi connectivity index (χ3n) is 2.50. The minimum atomic E-state index is -0.210. The predicted molar refractivity (Wildman–Crippen MR) is 66.6 cm³/mol. The van der Waals surface area contributed by atoms with Crippen LogP contribution in [0.5, 0.6) is 0 Å². The number of likely N-dealkylation sites (N-methyl/N-ethyl adjacent to an activating group) is 2. The number of carbonyl (C=O) groups is 2. The normalized spacial score (nSPS) is 9.82. The molecule has 0 unspecified atom stereocenters. The van der Waals surface area contributed by atoms with Crippen molar-refractivity contribution in [2.24, 2.45) is 0 Å². The van der Waals surface area contributed by atoms with Gasteiger partial charge in [0.2, 0.25) is 5.91 Å². The Hall–Kier alpha value is -2.04. The van der Waals surface area contributed by atoms with E-state index in [1.165, 1.54) is 11.9 Å². The lowest BCUT2D eigenvalue weighted by atomic mass is 10.1. The number of carbonyl (C=O) groups excluding carboxylic acids is 2.